The first-order valence-electron chi connectivity index (χ1n) is 9.32. The molecule has 0 aliphatic carbocycles. The smallest absolute Gasteiger partial charge is 0.233 e. The third-order valence-electron chi connectivity index (χ3n) is 4.46. The number of aryl methyl sites for hydroxylation is 1. The maximum Gasteiger partial charge on any atom is 0.233 e. The van der Waals surface area contributed by atoms with Crippen LogP contribution in [0.25, 0.3) is 11.3 Å². The highest BCUT2D eigenvalue weighted by atomic mass is 32.2. The molecule has 1 aliphatic rings. The highest BCUT2D eigenvalue weighted by Crippen LogP contribution is 2.32. The van der Waals surface area contributed by atoms with Crippen molar-refractivity contribution in [2.45, 2.75) is 30.8 Å². The number of rotatable bonds is 6. The molecule has 2 aromatic carbocycles. The van der Waals surface area contributed by atoms with Gasteiger partial charge in [-0.25, -0.2) is 9.97 Å². The monoisotopic (exact) mass is 407 g/mol. The van der Waals surface area contributed by atoms with Crippen molar-refractivity contribution >= 4 is 17.7 Å². The van der Waals surface area contributed by atoms with Crippen LogP contribution in [-0.4, -0.2) is 27.9 Å². The zero-order valence-corrected chi connectivity index (χ0v) is 17.0. The number of nitrogens with one attached hydrogen (secondary N) is 1. The van der Waals surface area contributed by atoms with Crippen molar-refractivity contribution in [1.29, 1.82) is 0 Å². The molecule has 1 amide bonds. The molecule has 0 spiro atoms. The Morgan fingerprint density at radius 2 is 1.90 bits per heavy atom. The van der Waals surface area contributed by atoms with Crippen molar-refractivity contribution in [2.75, 3.05) is 6.79 Å². The molecule has 29 heavy (non-hydrogen) atoms. The SMILES string of the molecule is Cc1cc(-c2ccccc2)nc(S[C@@H](C)C(=O)NCc2ccc3c(c2)OCO3)n1. The van der Waals surface area contributed by atoms with Gasteiger partial charge in [-0.1, -0.05) is 48.2 Å². The molecule has 0 unspecified atom stereocenters. The van der Waals surface area contributed by atoms with Crippen LogP contribution in [0.5, 0.6) is 11.5 Å². The molecular weight excluding hydrogens is 386 g/mol. The van der Waals surface area contributed by atoms with Gasteiger partial charge in [0.1, 0.15) is 0 Å². The maximum absolute atomic E-state index is 12.6. The van der Waals surface area contributed by atoms with Crippen molar-refractivity contribution in [3.8, 4) is 22.8 Å². The predicted octanol–water partition coefficient (Wildman–Crippen LogP) is 3.98. The van der Waals surface area contributed by atoms with Gasteiger partial charge >= 0.3 is 0 Å². The van der Waals surface area contributed by atoms with Gasteiger partial charge in [0, 0.05) is 17.8 Å². The lowest BCUT2D eigenvalue weighted by atomic mass is 10.1. The quantitative estimate of drug-likeness (QED) is 0.492. The number of carbonyl (C=O) groups excluding carboxylic acids is 1. The molecular formula is C22H21N3O3S. The van der Waals surface area contributed by atoms with Crippen molar-refractivity contribution < 1.29 is 14.3 Å². The van der Waals surface area contributed by atoms with Gasteiger partial charge in [0.15, 0.2) is 16.7 Å². The summed E-state index contributed by atoms with van der Waals surface area (Å²) in [5.74, 6) is 1.37. The van der Waals surface area contributed by atoms with E-state index >= 15 is 0 Å². The average molecular weight is 407 g/mol. The molecule has 1 N–H and O–H groups in total. The molecule has 0 bridgehead atoms. The van der Waals surface area contributed by atoms with Crippen LogP contribution in [0.2, 0.25) is 0 Å². The zero-order valence-electron chi connectivity index (χ0n) is 16.2. The van der Waals surface area contributed by atoms with Gasteiger partial charge < -0.3 is 14.8 Å². The Kier molecular flexibility index (Phi) is 5.67. The maximum atomic E-state index is 12.6. The predicted molar refractivity (Wildman–Crippen MR) is 112 cm³/mol. The largest absolute Gasteiger partial charge is 0.454 e. The highest BCUT2D eigenvalue weighted by molar-refractivity contribution is 8.00. The summed E-state index contributed by atoms with van der Waals surface area (Å²) in [7, 11) is 0. The molecule has 0 radical (unpaired) electrons. The molecule has 1 atom stereocenters. The van der Waals surface area contributed by atoms with Crippen molar-refractivity contribution in [3.63, 3.8) is 0 Å². The molecule has 148 valence electrons. The minimum atomic E-state index is -0.325. The molecule has 2 heterocycles. The summed E-state index contributed by atoms with van der Waals surface area (Å²) in [6.07, 6.45) is 0. The number of ether oxygens (including phenoxy) is 2. The van der Waals surface area contributed by atoms with E-state index in [1.807, 2.05) is 68.4 Å². The van der Waals surface area contributed by atoms with Crippen molar-refractivity contribution in [1.82, 2.24) is 15.3 Å². The number of carbonyl (C=O) groups is 1. The minimum Gasteiger partial charge on any atom is -0.454 e. The Hall–Kier alpha value is -3.06. The summed E-state index contributed by atoms with van der Waals surface area (Å²) in [6.45, 7) is 4.45. The van der Waals surface area contributed by atoms with Crippen molar-refractivity contribution in [3.05, 3.63) is 65.9 Å². The average Bonchev–Trinajstić information content (AvgIpc) is 3.20. The molecule has 3 aromatic rings. The Balaban J connectivity index is 1.39. The van der Waals surface area contributed by atoms with E-state index in [-0.39, 0.29) is 18.0 Å². The second-order valence-electron chi connectivity index (χ2n) is 6.71. The second kappa shape index (κ2) is 8.53. The van der Waals surface area contributed by atoms with Crippen LogP contribution in [0.15, 0.2) is 59.8 Å². The summed E-state index contributed by atoms with van der Waals surface area (Å²) in [6, 6.07) is 17.6. The summed E-state index contributed by atoms with van der Waals surface area (Å²) in [5, 5.41) is 3.23. The molecule has 0 fully saturated rings. The van der Waals surface area contributed by atoms with Crippen LogP contribution in [0, 0.1) is 6.92 Å². The van der Waals surface area contributed by atoms with Crippen LogP contribution >= 0.6 is 11.8 Å². The standard InChI is InChI=1S/C22H21N3O3S/c1-14-10-18(17-6-4-3-5-7-17)25-22(24-14)29-15(2)21(26)23-12-16-8-9-19-20(11-16)28-13-27-19/h3-11,15H,12-13H2,1-2H3,(H,23,26)/t15-/m0/s1. The van der Waals surface area contributed by atoms with Crippen LogP contribution in [0.1, 0.15) is 18.2 Å². The van der Waals surface area contributed by atoms with E-state index in [2.05, 4.69) is 15.3 Å². The summed E-state index contributed by atoms with van der Waals surface area (Å²) in [4.78, 5) is 21.7. The van der Waals surface area contributed by atoms with Crippen molar-refractivity contribution in [2.24, 2.45) is 0 Å². The normalized spacial score (nSPS) is 13.2. The molecule has 1 aliphatic heterocycles. The summed E-state index contributed by atoms with van der Waals surface area (Å²) in [5.41, 5.74) is 3.71. The van der Waals surface area contributed by atoms with Gasteiger partial charge in [0.05, 0.1) is 10.9 Å². The van der Waals surface area contributed by atoms with Crippen LogP contribution in [-0.2, 0) is 11.3 Å². The van der Waals surface area contributed by atoms with Crippen LogP contribution in [0.3, 0.4) is 0 Å². The van der Waals surface area contributed by atoms with Gasteiger partial charge in [0.25, 0.3) is 0 Å². The Morgan fingerprint density at radius 3 is 2.72 bits per heavy atom. The second-order valence-corrected chi connectivity index (χ2v) is 8.02. The minimum absolute atomic E-state index is 0.0703. The fourth-order valence-electron chi connectivity index (χ4n) is 2.95. The Bertz CT molecular complexity index is 1030. The molecule has 0 saturated carbocycles. The first kappa shape index (κ1) is 19.3. The van der Waals surface area contributed by atoms with Gasteiger partial charge in [-0.05, 0) is 37.6 Å². The fraction of sp³-hybridized carbons (Fsp3) is 0.227. The number of thioether (sulfide) groups is 1. The lowest BCUT2D eigenvalue weighted by Gasteiger charge is -2.12. The number of benzene rings is 2. The molecule has 0 saturated heterocycles. The lowest BCUT2D eigenvalue weighted by molar-refractivity contribution is -0.120. The lowest BCUT2D eigenvalue weighted by Crippen LogP contribution is -2.30. The molecule has 1 aromatic heterocycles. The molecule has 7 heteroatoms. The van der Waals surface area contributed by atoms with E-state index in [1.54, 1.807) is 0 Å². The van der Waals surface area contributed by atoms with Gasteiger partial charge in [0.2, 0.25) is 12.7 Å². The van der Waals surface area contributed by atoms with E-state index in [9.17, 15) is 4.79 Å². The number of aromatic nitrogens is 2. The first-order valence-corrected chi connectivity index (χ1v) is 10.2. The third kappa shape index (κ3) is 4.68. The van der Waals surface area contributed by atoms with E-state index in [1.165, 1.54) is 11.8 Å². The first-order chi connectivity index (χ1) is 14.1. The van der Waals surface area contributed by atoms with Gasteiger partial charge in [-0.2, -0.15) is 0 Å². The highest BCUT2D eigenvalue weighted by Gasteiger charge is 2.18. The number of fused-ring (bicyclic) bond motifs is 1. The molecule has 6 nitrogen and oxygen atoms in total. The Morgan fingerprint density at radius 1 is 1.10 bits per heavy atom. The number of hydrogen-bond acceptors (Lipinski definition) is 6. The topological polar surface area (TPSA) is 73.3 Å². The number of nitrogens with zero attached hydrogens (tertiary/aromatic N) is 2. The third-order valence-corrected chi connectivity index (χ3v) is 5.42. The Labute approximate surface area is 173 Å². The summed E-state index contributed by atoms with van der Waals surface area (Å²) >= 11 is 1.35. The van der Waals surface area contributed by atoms with Gasteiger partial charge in [-0.3, -0.25) is 4.79 Å². The van der Waals surface area contributed by atoms with E-state index in [4.69, 9.17) is 9.47 Å². The number of amides is 1. The zero-order chi connectivity index (χ0) is 20.2. The fourth-order valence-corrected chi connectivity index (χ4v) is 3.80. The van der Waals surface area contributed by atoms with Crippen LogP contribution in [0.4, 0.5) is 0 Å². The van der Waals surface area contributed by atoms with E-state index in [0.717, 1.165) is 28.3 Å². The molecule has 4 rings (SSSR count). The van der Waals surface area contributed by atoms with E-state index < -0.39 is 0 Å². The summed E-state index contributed by atoms with van der Waals surface area (Å²) < 4.78 is 10.7. The number of hydrogen-bond donors (Lipinski definition) is 1. The van der Waals surface area contributed by atoms with E-state index in [0.29, 0.717) is 17.5 Å². The van der Waals surface area contributed by atoms with Gasteiger partial charge in [-0.15, -0.1) is 0 Å². The van der Waals surface area contributed by atoms with Crippen LogP contribution < -0.4 is 14.8 Å².